The molecule has 1 amide bonds. The van der Waals surface area contributed by atoms with Gasteiger partial charge in [0, 0.05) is 18.1 Å². The molecule has 7 heteroatoms. The molecule has 1 heterocycles. The van der Waals surface area contributed by atoms with Gasteiger partial charge in [-0.25, -0.2) is 0 Å². The van der Waals surface area contributed by atoms with Crippen molar-refractivity contribution in [3.05, 3.63) is 51.5 Å². The second kappa shape index (κ2) is 8.17. The van der Waals surface area contributed by atoms with Gasteiger partial charge in [0.1, 0.15) is 5.75 Å². The Morgan fingerprint density at radius 1 is 1.08 bits per heavy atom. The molecule has 2 aromatic carbocycles. The molecule has 4 nitrogen and oxygen atoms in total. The fourth-order valence-electron chi connectivity index (χ4n) is 2.80. The van der Waals surface area contributed by atoms with E-state index in [1.54, 1.807) is 18.2 Å². The van der Waals surface area contributed by atoms with Gasteiger partial charge in [-0.3, -0.25) is 4.79 Å². The summed E-state index contributed by atoms with van der Waals surface area (Å²) in [5, 5.41) is 4.37. The number of benzene rings is 2. The zero-order valence-electron chi connectivity index (χ0n) is 13.4. The van der Waals surface area contributed by atoms with Crippen LogP contribution in [0, 0.1) is 0 Å². The van der Waals surface area contributed by atoms with Crippen LogP contribution in [0.4, 0.5) is 11.4 Å². The number of amides is 1. The molecule has 0 aliphatic carbocycles. The van der Waals surface area contributed by atoms with E-state index in [0.29, 0.717) is 26.5 Å². The summed E-state index contributed by atoms with van der Waals surface area (Å²) in [6.07, 6.45) is 2.24. The average molecular weight is 400 g/mol. The standard InChI is InChI=1S/C18H17Cl3N2O2/c19-12-6-7-16(14(21)10-12)25-11-17(24)22-15-5-3-4-13(20)18(15)23-8-1-2-9-23/h3-7,10H,1-2,8-9,11H2,(H,22,24). The SMILES string of the molecule is O=C(COc1ccc(Cl)cc1Cl)Nc1cccc(Cl)c1N1CCCC1. The van der Waals surface area contributed by atoms with Crippen LogP contribution in [0.3, 0.4) is 0 Å². The molecular formula is C18H17Cl3N2O2. The molecule has 0 aromatic heterocycles. The van der Waals surface area contributed by atoms with Crippen LogP contribution >= 0.6 is 34.8 Å². The van der Waals surface area contributed by atoms with E-state index in [9.17, 15) is 4.79 Å². The third kappa shape index (κ3) is 4.51. The van der Waals surface area contributed by atoms with Gasteiger partial charge in [0.15, 0.2) is 6.61 Å². The van der Waals surface area contributed by atoms with Gasteiger partial charge in [0.25, 0.3) is 5.91 Å². The Hall–Kier alpha value is -1.62. The van der Waals surface area contributed by atoms with E-state index >= 15 is 0 Å². The number of para-hydroxylation sites is 1. The molecule has 132 valence electrons. The second-order valence-corrected chi connectivity index (χ2v) is 6.99. The number of ether oxygens (including phenoxy) is 1. The van der Waals surface area contributed by atoms with Crippen LogP contribution in [0.2, 0.25) is 15.1 Å². The van der Waals surface area contributed by atoms with Gasteiger partial charge in [0.2, 0.25) is 0 Å². The predicted molar refractivity (Wildman–Crippen MR) is 103 cm³/mol. The number of carbonyl (C=O) groups excluding carboxylic acids is 1. The summed E-state index contributed by atoms with van der Waals surface area (Å²) in [7, 11) is 0. The maximum Gasteiger partial charge on any atom is 0.262 e. The van der Waals surface area contributed by atoms with Crippen LogP contribution in [0.1, 0.15) is 12.8 Å². The zero-order chi connectivity index (χ0) is 17.8. The largest absolute Gasteiger partial charge is 0.482 e. The number of carbonyl (C=O) groups is 1. The van der Waals surface area contributed by atoms with Crippen molar-refractivity contribution >= 4 is 52.1 Å². The van der Waals surface area contributed by atoms with E-state index in [-0.39, 0.29) is 12.5 Å². The fraction of sp³-hybridized carbons (Fsp3) is 0.278. The third-order valence-electron chi connectivity index (χ3n) is 3.94. The molecule has 1 N–H and O–H groups in total. The number of nitrogens with one attached hydrogen (secondary N) is 1. The zero-order valence-corrected chi connectivity index (χ0v) is 15.7. The van der Waals surface area contributed by atoms with Gasteiger partial charge in [-0.2, -0.15) is 0 Å². The Bertz CT molecular complexity index is 777. The topological polar surface area (TPSA) is 41.6 Å². The van der Waals surface area contributed by atoms with Crippen molar-refractivity contribution in [3.8, 4) is 5.75 Å². The number of rotatable bonds is 5. The molecular weight excluding hydrogens is 383 g/mol. The summed E-state index contributed by atoms with van der Waals surface area (Å²) in [6, 6.07) is 10.3. The minimum absolute atomic E-state index is 0.159. The van der Waals surface area contributed by atoms with E-state index in [4.69, 9.17) is 39.5 Å². The van der Waals surface area contributed by atoms with Gasteiger partial charge in [-0.1, -0.05) is 40.9 Å². The Morgan fingerprint density at radius 3 is 2.56 bits per heavy atom. The van der Waals surface area contributed by atoms with Crippen LogP contribution in [-0.2, 0) is 4.79 Å². The predicted octanol–water partition coefficient (Wildman–Crippen LogP) is 5.26. The molecule has 0 saturated carbocycles. The Morgan fingerprint density at radius 2 is 1.84 bits per heavy atom. The highest BCUT2D eigenvalue weighted by Gasteiger charge is 2.20. The minimum atomic E-state index is -0.284. The Kier molecular flexibility index (Phi) is 5.94. The third-order valence-corrected chi connectivity index (χ3v) is 4.77. The second-order valence-electron chi connectivity index (χ2n) is 5.74. The molecule has 2 aromatic rings. The lowest BCUT2D eigenvalue weighted by Gasteiger charge is -2.23. The average Bonchev–Trinajstić information content (AvgIpc) is 3.08. The molecule has 3 rings (SSSR count). The molecule has 0 spiro atoms. The molecule has 0 unspecified atom stereocenters. The molecule has 0 radical (unpaired) electrons. The summed E-state index contributed by atoms with van der Waals surface area (Å²) in [4.78, 5) is 14.5. The number of halogens is 3. The Balaban J connectivity index is 1.68. The van der Waals surface area contributed by atoms with Crippen LogP contribution in [0.15, 0.2) is 36.4 Å². The lowest BCUT2D eigenvalue weighted by Crippen LogP contribution is -2.24. The lowest BCUT2D eigenvalue weighted by atomic mass is 10.2. The van der Waals surface area contributed by atoms with Gasteiger partial charge in [-0.15, -0.1) is 0 Å². The highest BCUT2D eigenvalue weighted by Crippen LogP contribution is 2.36. The van der Waals surface area contributed by atoms with Crippen molar-refractivity contribution in [2.45, 2.75) is 12.8 Å². The van der Waals surface area contributed by atoms with Crippen molar-refractivity contribution in [3.63, 3.8) is 0 Å². The van der Waals surface area contributed by atoms with E-state index in [1.165, 1.54) is 0 Å². The lowest BCUT2D eigenvalue weighted by molar-refractivity contribution is -0.118. The maximum atomic E-state index is 12.3. The molecule has 1 aliphatic heterocycles. The van der Waals surface area contributed by atoms with Crippen LogP contribution < -0.4 is 15.0 Å². The van der Waals surface area contributed by atoms with Gasteiger partial charge < -0.3 is 15.0 Å². The van der Waals surface area contributed by atoms with Gasteiger partial charge in [-0.05, 0) is 43.2 Å². The fourth-order valence-corrected chi connectivity index (χ4v) is 3.56. The van der Waals surface area contributed by atoms with Crippen molar-refractivity contribution in [2.75, 3.05) is 29.9 Å². The first-order chi connectivity index (χ1) is 12.0. The highest BCUT2D eigenvalue weighted by atomic mass is 35.5. The Labute approximate surface area is 161 Å². The smallest absolute Gasteiger partial charge is 0.262 e. The quantitative estimate of drug-likeness (QED) is 0.745. The van der Waals surface area contributed by atoms with Gasteiger partial charge >= 0.3 is 0 Å². The van der Waals surface area contributed by atoms with Crippen LogP contribution in [-0.4, -0.2) is 25.6 Å². The summed E-state index contributed by atoms with van der Waals surface area (Å²) >= 11 is 18.2. The molecule has 1 fully saturated rings. The molecule has 1 aliphatic rings. The number of anilines is 2. The minimum Gasteiger partial charge on any atom is -0.482 e. The highest BCUT2D eigenvalue weighted by molar-refractivity contribution is 6.35. The van der Waals surface area contributed by atoms with E-state index < -0.39 is 0 Å². The van der Waals surface area contributed by atoms with E-state index in [1.807, 2.05) is 18.2 Å². The van der Waals surface area contributed by atoms with Crippen molar-refractivity contribution < 1.29 is 9.53 Å². The molecule has 0 atom stereocenters. The van der Waals surface area contributed by atoms with Gasteiger partial charge in [0.05, 0.1) is 21.4 Å². The number of hydrogen-bond donors (Lipinski definition) is 1. The summed E-state index contributed by atoms with van der Waals surface area (Å²) in [5.74, 6) is 0.126. The van der Waals surface area contributed by atoms with Crippen LogP contribution in [0.5, 0.6) is 5.75 Å². The summed E-state index contributed by atoms with van der Waals surface area (Å²) < 4.78 is 5.47. The van der Waals surface area contributed by atoms with Crippen molar-refractivity contribution in [1.82, 2.24) is 0 Å². The molecule has 1 saturated heterocycles. The first-order valence-corrected chi connectivity index (χ1v) is 9.09. The first-order valence-electron chi connectivity index (χ1n) is 7.96. The molecule has 25 heavy (non-hydrogen) atoms. The summed E-state index contributed by atoms with van der Waals surface area (Å²) in [5.41, 5.74) is 1.55. The van der Waals surface area contributed by atoms with E-state index in [2.05, 4.69) is 10.2 Å². The van der Waals surface area contributed by atoms with Crippen molar-refractivity contribution in [2.24, 2.45) is 0 Å². The molecule has 0 bridgehead atoms. The van der Waals surface area contributed by atoms with Crippen molar-refractivity contribution in [1.29, 1.82) is 0 Å². The number of hydrogen-bond acceptors (Lipinski definition) is 3. The number of nitrogens with zero attached hydrogens (tertiary/aromatic N) is 1. The summed E-state index contributed by atoms with van der Waals surface area (Å²) in [6.45, 7) is 1.71. The normalized spacial score (nSPS) is 13.8. The van der Waals surface area contributed by atoms with Crippen LogP contribution in [0.25, 0.3) is 0 Å². The first kappa shape index (κ1) is 18.2. The maximum absolute atomic E-state index is 12.3. The van der Waals surface area contributed by atoms with E-state index in [0.717, 1.165) is 31.6 Å². The monoisotopic (exact) mass is 398 g/mol.